The smallest absolute Gasteiger partial charge is 0.276 e. The second-order valence-electron chi connectivity index (χ2n) is 4.94. The molecule has 3 rings (SSSR count). The topological polar surface area (TPSA) is 87.9 Å². The van der Waals surface area contributed by atoms with Gasteiger partial charge in [0.25, 0.3) is 5.91 Å². The molecule has 122 valence electrons. The van der Waals surface area contributed by atoms with E-state index in [2.05, 4.69) is 15.5 Å². The van der Waals surface area contributed by atoms with Crippen LogP contribution in [0.15, 0.2) is 60.7 Å². The number of nitrogens with zero attached hydrogens (tertiary/aromatic N) is 3. The molecular formula is C18H11FN4O2. The summed E-state index contributed by atoms with van der Waals surface area (Å²) in [5, 5.41) is 18.9. The number of aromatic nitrogens is 2. The normalized spacial score (nSPS) is 9.92. The molecule has 0 radical (unpaired) electrons. The summed E-state index contributed by atoms with van der Waals surface area (Å²) in [6, 6.07) is 17.4. The first kappa shape index (κ1) is 16.1. The molecule has 0 aliphatic heterocycles. The lowest BCUT2D eigenvalue weighted by Gasteiger charge is -2.06. The molecule has 3 aromatic rings. The highest BCUT2D eigenvalue weighted by atomic mass is 19.1. The van der Waals surface area contributed by atoms with Gasteiger partial charge in [0.05, 0.1) is 11.6 Å². The molecule has 0 bridgehead atoms. The molecule has 7 heteroatoms. The average Bonchev–Trinajstić information content (AvgIpc) is 2.64. The summed E-state index contributed by atoms with van der Waals surface area (Å²) in [4.78, 5) is 12.1. The number of carbonyl (C=O) groups excluding carboxylic acids is 1. The summed E-state index contributed by atoms with van der Waals surface area (Å²) in [5.41, 5.74) is 0.912. The fourth-order valence-corrected chi connectivity index (χ4v) is 1.98. The molecule has 0 aliphatic rings. The SMILES string of the molecule is N#Cc1ccc(Oc2ccc(C(=O)Nc3ccccc3)nn2)c(F)c1. The van der Waals surface area contributed by atoms with E-state index in [1.165, 1.54) is 24.3 Å². The van der Waals surface area contributed by atoms with Crippen molar-refractivity contribution in [2.45, 2.75) is 0 Å². The number of ether oxygens (including phenoxy) is 1. The quantitative estimate of drug-likeness (QED) is 0.788. The molecule has 0 saturated heterocycles. The Morgan fingerprint density at radius 1 is 1.08 bits per heavy atom. The molecule has 0 unspecified atom stereocenters. The number of amides is 1. The lowest BCUT2D eigenvalue weighted by Crippen LogP contribution is -2.14. The number of anilines is 1. The van der Waals surface area contributed by atoms with Crippen molar-refractivity contribution in [3.8, 4) is 17.7 Å². The molecule has 1 heterocycles. The third kappa shape index (κ3) is 3.95. The second-order valence-corrected chi connectivity index (χ2v) is 4.94. The number of hydrogen-bond acceptors (Lipinski definition) is 5. The molecule has 0 spiro atoms. The van der Waals surface area contributed by atoms with Crippen LogP contribution < -0.4 is 10.1 Å². The van der Waals surface area contributed by atoms with Crippen LogP contribution in [0.5, 0.6) is 11.6 Å². The molecule has 6 nitrogen and oxygen atoms in total. The van der Waals surface area contributed by atoms with E-state index in [1.807, 2.05) is 12.1 Å². The van der Waals surface area contributed by atoms with Gasteiger partial charge in [-0.15, -0.1) is 10.2 Å². The number of carbonyl (C=O) groups is 1. The predicted octanol–water partition coefficient (Wildman–Crippen LogP) is 3.53. The summed E-state index contributed by atoms with van der Waals surface area (Å²) in [5.74, 6) is -1.17. The van der Waals surface area contributed by atoms with Crippen molar-refractivity contribution in [1.29, 1.82) is 5.26 Å². The van der Waals surface area contributed by atoms with Crippen molar-refractivity contribution < 1.29 is 13.9 Å². The minimum absolute atomic E-state index is 0.0277. The van der Waals surface area contributed by atoms with Crippen LogP contribution in [0.3, 0.4) is 0 Å². The maximum atomic E-state index is 13.8. The Kier molecular flexibility index (Phi) is 4.62. The lowest BCUT2D eigenvalue weighted by molar-refractivity contribution is 0.102. The van der Waals surface area contributed by atoms with Crippen molar-refractivity contribution >= 4 is 11.6 Å². The number of para-hydroxylation sites is 1. The molecule has 1 amide bonds. The summed E-state index contributed by atoms with van der Waals surface area (Å²) >= 11 is 0. The zero-order valence-corrected chi connectivity index (χ0v) is 12.8. The Morgan fingerprint density at radius 2 is 1.88 bits per heavy atom. The zero-order valence-electron chi connectivity index (χ0n) is 12.8. The van der Waals surface area contributed by atoms with Crippen molar-refractivity contribution in [2.24, 2.45) is 0 Å². The Labute approximate surface area is 142 Å². The van der Waals surface area contributed by atoms with Crippen molar-refractivity contribution in [1.82, 2.24) is 10.2 Å². The highest BCUT2D eigenvalue weighted by molar-refractivity contribution is 6.02. The maximum absolute atomic E-state index is 13.8. The van der Waals surface area contributed by atoms with Gasteiger partial charge in [-0.25, -0.2) is 4.39 Å². The molecule has 1 aromatic heterocycles. The first-order valence-corrected chi connectivity index (χ1v) is 7.23. The van der Waals surface area contributed by atoms with Gasteiger partial charge in [0.1, 0.15) is 0 Å². The maximum Gasteiger partial charge on any atom is 0.276 e. The van der Waals surface area contributed by atoms with E-state index in [4.69, 9.17) is 10.00 Å². The number of benzene rings is 2. The van der Waals surface area contributed by atoms with E-state index in [9.17, 15) is 9.18 Å². The molecule has 2 aromatic carbocycles. The van der Waals surface area contributed by atoms with Gasteiger partial charge in [-0.3, -0.25) is 4.79 Å². The lowest BCUT2D eigenvalue weighted by atomic mass is 10.2. The molecule has 0 aliphatic carbocycles. The van der Waals surface area contributed by atoms with Crippen LogP contribution in [0.25, 0.3) is 0 Å². The monoisotopic (exact) mass is 334 g/mol. The standard InChI is InChI=1S/C18H11FN4O2/c19-14-10-12(11-20)6-8-16(14)25-17-9-7-15(22-23-17)18(24)21-13-4-2-1-3-5-13/h1-10H,(H,21,24). The molecule has 0 saturated carbocycles. The third-order valence-corrected chi connectivity index (χ3v) is 3.18. The number of hydrogen-bond donors (Lipinski definition) is 1. The van der Waals surface area contributed by atoms with Crippen LogP contribution in [-0.2, 0) is 0 Å². The Hall–Kier alpha value is -3.79. The summed E-state index contributed by atoms with van der Waals surface area (Å²) in [6.45, 7) is 0. The highest BCUT2D eigenvalue weighted by Crippen LogP contribution is 2.23. The van der Waals surface area contributed by atoms with Crippen LogP contribution in [-0.4, -0.2) is 16.1 Å². The number of nitriles is 1. The largest absolute Gasteiger partial charge is 0.434 e. The average molecular weight is 334 g/mol. The van der Waals surface area contributed by atoms with Gasteiger partial charge in [0, 0.05) is 11.8 Å². The van der Waals surface area contributed by atoms with Gasteiger partial charge >= 0.3 is 0 Å². The van der Waals surface area contributed by atoms with Crippen molar-refractivity contribution in [3.63, 3.8) is 0 Å². The first-order valence-electron chi connectivity index (χ1n) is 7.23. The van der Waals surface area contributed by atoms with E-state index < -0.39 is 11.7 Å². The second kappa shape index (κ2) is 7.19. The highest BCUT2D eigenvalue weighted by Gasteiger charge is 2.11. The Morgan fingerprint density at radius 3 is 2.52 bits per heavy atom. The first-order chi connectivity index (χ1) is 12.2. The number of rotatable bonds is 4. The fraction of sp³-hybridized carbons (Fsp3) is 0. The predicted molar refractivity (Wildman–Crippen MR) is 87.6 cm³/mol. The van der Waals surface area contributed by atoms with Crippen LogP contribution in [0.4, 0.5) is 10.1 Å². The van der Waals surface area contributed by atoms with Crippen LogP contribution in [0.2, 0.25) is 0 Å². The van der Waals surface area contributed by atoms with Crippen LogP contribution in [0, 0.1) is 17.1 Å². The third-order valence-electron chi connectivity index (χ3n) is 3.18. The van der Waals surface area contributed by atoms with Crippen LogP contribution >= 0.6 is 0 Å². The minimum atomic E-state index is -0.688. The van der Waals surface area contributed by atoms with Crippen molar-refractivity contribution in [2.75, 3.05) is 5.32 Å². The van der Waals surface area contributed by atoms with Gasteiger partial charge in [-0.1, -0.05) is 18.2 Å². The molecule has 0 fully saturated rings. The van der Waals surface area contributed by atoms with E-state index in [-0.39, 0.29) is 22.9 Å². The van der Waals surface area contributed by atoms with Gasteiger partial charge in [-0.2, -0.15) is 5.26 Å². The van der Waals surface area contributed by atoms with E-state index in [0.717, 1.165) is 6.07 Å². The van der Waals surface area contributed by atoms with Crippen LogP contribution in [0.1, 0.15) is 16.1 Å². The van der Waals surface area contributed by atoms with Gasteiger partial charge in [0.15, 0.2) is 17.3 Å². The Balaban J connectivity index is 1.70. The van der Waals surface area contributed by atoms with E-state index in [0.29, 0.717) is 5.69 Å². The summed E-state index contributed by atoms with van der Waals surface area (Å²) in [7, 11) is 0. The number of nitrogens with one attached hydrogen (secondary N) is 1. The van der Waals surface area contributed by atoms with Gasteiger partial charge < -0.3 is 10.1 Å². The van der Waals surface area contributed by atoms with Gasteiger partial charge in [0.2, 0.25) is 5.88 Å². The molecule has 1 N–H and O–H groups in total. The zero-order chi connectivity index (χ0) is 17.6. The van der Waals surface area contributed by atoms with E-state index >= 15 is 0 Å². The van der Waals surface area contributed by atoms with Gasteiger partial charge in [-0.05, 0) is 36.4 Å². The fourth-order valence-electron chi connectivity index (χ4n) is 1.98. The summed E-state index contributed by atoms with van der Waals surface area (Å²) in [6.07, 6.45) is 0. The van der Waals surface area contributed by atoms with Crippen molar-refractivity contribution in [3.05, 3.63) is 77.7 Å². The number of halogens is 1. The molecule has 25 heavy (non-hydrogen) atoms. The minimum Gasteiger partial charge on any atom is -0.434 e. The summed E-state index contributed by atoms with van der Waals surface area (Å²) < 4.78 is 19.1. The molecule has 0 atom stereocenters. The molecular weight excluding hydrogens is 323 g/mol. The van der Waals surface area contributed by atoms with E-state index in [1.54, 1.807) is 24.3 Å². The Bertz CT molecular complexity index is 938.